The molecule has 5 nitrogen and oxygen atoms in total. The summed E-state index contributed by atoms with van der Waals surface area (Å²) < 4.78 is 4.90. The minimum atomic E-state index is -0.542. The van der Waals surface area contributed by atoms with E-state index in [1.54, 1.807) is 11.8 Å². The second-order valence-electron chi connectivity index (χ2n) is 7.30. The van der Waals surface area contributed by atoms with E-state index in [0.717, 1.165) is 31.4 Å². The van der Waals surface area contributed by atoms with Crippen LogP contribution in [-0.2, 0) is 9.53 Å². The average Bonchev–Trinajstić information content (AvgIpc) is 2.66. The minimum Gasteiger partial charge on any atom is -0.467 e. The monoisotopic (exact) mass is 370 g/mol. The molecule has 2 fully saturated rings. The lowest BCUT2D eigenvalue weighted by atomic mass is 9.89. The van der Waals surface area contributed by atoms with E-state index in [-0.39, 0.29) is 12.0 Å². The molecule has 25 heavy (non-hydrogen) atoms. The molecule has 0 aliphatic heterocycles. The molecule has 1 N–H and O–H groups in total. The van der Waals surface area contributed by atoms with Gasteiger partial charge in [-0.3, -0.25) is 0 Å². The molecule has 2 aliphatic rings. The number of esters is 1. The van der Waals surface area contributed by atoms with Gasteiger partial charge >= 0.3 is 12.0 Å². The number of rotatable bonds is 7. The third kappa shape index (κ3) is 6.08. The van der Waals surface area contributed by atoms with Crippen molar-refractivity contribution in [2.45, 2.75) is 88.8 Å². The Morgan fingerprint density at radius 1 is 1.04 bits per heavy atom. The number of amides is 2. The van der Waals surface area contributed by atoms with Crippen LogP contribution in [0.5, 0.6) is 0 Å². The third-order valence-corrected chi connectivity index (χ3v) is 6.21. The van der Waals surface area contributed by atoms with Gasteiger partial charge in [0, 0.05) is 12.1 Å². The summed E-state index contributed by atoms with van der Waals surface area (Å²) in [6, 6.07) is 0.0568. The molecule has 0 radical (unpaired) electrons. The topological polar surface area (TPSA) is 58.6 Å². The van der Waals surface area contributed by atoms with Gasteiger partial charge in [0.1, 0.15) is 6.04 Å². The average molecular weight is 371 g/mol. The Kier molecular flexibility index (Phi) is 8.93. The van der Waals surface area contributed by atoms with E-state index < -0.39 is 6.04 Å². The number of nitrogens with one attached hydrogen (secondary N) is 1. The van der Waals surface area contributed by atoms with Crippen LogP contribution in [0.15, 0.2) is 0 Å². The summed E-state index contributed by atoms with van der Waals surface area (Å²) in [4.78, 5) is 27.3. The zero-order valence-electron chi connectivity index (χ0n) is 15.8. The first-order valence-electron chi connectivity index (χ1n) is 9.83. The van der Waals surface area contributed by atoms with E-state index in [0.29, 0.717) is 18.5 Å². The van der Waals surface area contributed by atoms with Crippen molar-refractivity contribution in [1.82, 2.24) is 10.2 Å². The van der Waals surface area contributed by atoms with Gasteiger partial charge in [-0.2, -0.15) is 11.8 Å². The fraction of sp³-hybridized carbons (Fsp3) is 0.895. The van der Waals surface area contributed by atoms with Crippen LogP contribution in [0.1, 0.15) is 70.6 Å². The minimum absolute atomic E-state index is 0.0599. The first kappa shape index (κ1) is 20.4. The Hall–Kier alpha value is -0.910. The molecule has 1 unspecified atom stereocenters. The molecule has 0 saturated heterocycles. The van der Waals surface area contributed by atoms with Crippen LogP contribution in [0.3, 0.4) is 0 Å². The number of hydrogen-bond acceptors (Lipinski definition) is 4. The molecule has 6 heteroatoms. The Morgan fingerprint density at radius 2 is 1.56 bits per heavy atom. The van der Waals surface area contributed by atoms with Crippen molar-refractivity contribution in [3.63, 3.8) is 0 Å². The van der Waals surface area contributed by atoms with E-state index in [9.17, 15) is 9.59 Å². The van der Waals surface area contributed by atoms with E-state index in [2.05, 4.69) is 10.2 Å². The van der Waals surface area contributed by atoms with Gasteiger partial charge in [-0.1, -0.05) is 38.5 Å². The highest BCUT2D eigenvalue weighted by atomic mass is 32.2. The molecule has 0 spiro atoms. The number of carbonyl (C=O) groups excluding carboxylic acids is 2. The van der Waals surface area contributed by atoms with Gasteiger partial charge in [0.25, 0.3) is 0 Å². The van der Waals surface area contributed by atoms with Crippen LogP contribution in [0, 0.1) is 0 Å². The maximum atomic E-state index is 13.1. The second-order valence-corrected chi connectivity index (χ2v) is 8.28. The number of ether oxygens (including phenoxy) is 1. The highest BCUT2D eigenvalue weighted by Crippen LogP contribution is 2.30. The largest absolute Gasteiger partial charge is 0.467 e. The first-order valence-corrected chi connectivity index (χ1v) is 11.2. The molecule has 0 bridgehead atoms. The normalized spacial score (nSPS) is 20.7. The van der Waals surface area contributed by atoms with Crippen molar-refractivity contribution in [2.24, 2.45) is 0 Å². The Morgan fingerprint density at radius 3 is 2.00 bits per heavy atom. The summed E-state index contributed by atoms with van der Waals surface area (Å²) in [6.45, 7) is 0. The number of urea groups is 1. The van der Waals surface area contributed by atoms with Gasteiger partial charge in [0.05, 0.1) is 7.11 Å². The summed E-state index contributed by atoms with van der Waals surface area (Å²) >= 11 is 1.68. The fourth-order valence-corrected chi connectivity index (χ4v) is 4.67. The summed E-state index contributed by atoms with van der Waals surface area (Å²) in [6.07, 6.45) is 14.4. The van der Waals surface area contributed by atoms with Crippen molar-refractivity contribution >= 4 is 23.8 Å². The SMILES string of the molecule is COC(=O)C(CCSC)NC(=O)N(C1CCCCC1)C1CCCCC1. The Labute approximate surface area is 156 Å². The van der Waals surface area contributed by atoms with Gasteiger partial charge in [-0.15, -0.1) is 0 Å². The molecule has 144 valence electrons. The molecule has 0 aromatic carbocycles. The molecule has 2 aliphatic carbocycles. The van der Waals surface area contributed by atoms with Gasteiger partial charge in [0.15, 0.2) is 0 Å². The van der Waals surface area contributed by atoms with Crippen molar-refractivity contribution in [2.75, 3.05) is 19.1 Å². The lowest BCUT2D eigenvalue weighted by molar-refractivity contribution is -0.143. The maximum absolute atomic E-state index is 13.1. The highest BCUT2D eigenvalue weighted by molar-refractivity contribution is 7.98. The molecular formula is C19H34N2O3S. The first-order chi connectivity index (χ1) is 12.2. The Balaban J connectivity index is 2.07. The summed E-state index contributed by atoms with van der Waals surface area (Å²) in [5.41, 5.74) is 0. The van der Waals surface area contributed by atoms with Crippen LogP contribution < -0.4 is 5.32 Å². The number of methoxy groups -OCH3 is 1. The van der Waals surface area contributed by atoms with Gasteiger partial charge < -0.3 is 15.0 Å². The van der Waals surface area contributed by atoms with Crippen LogP contribution in [0.25, 0.3) is 0 Å². The van der Waals surface area contributed by atoms with Crippen molar-refractivity contribution in [3.8, 4) is 0 Å². The van der Waals surface area contributed by atoms with E-state index >= 15 is 0 Å². The number of carbonyl (C=O) groups is 2. The van der Waals surface area contributed by atoms with Crippen LogP contribution >= 0.6 is 11.8 Å². The quantitative estimate of drug-likeness (QED) is 0.689. The second kappa shape index (κ2) is 10.9. The van der Waals surface area contributed by atoms with Crippen LogP contribution in [0.2, 0.25) is 0 Å². The number of thioether (sulfide) groups is 1. The smallest absolute Gasteiger partial charge is 0.328 e. The van der Waals surface area contributed by atoms with Gasteiger partial charge in [-0.25, -0.2) is 9.59 Å². The van der Waals surface area contributed by atoms with Gasteiger partial charge in [0.2, 0.25) is 0 Å². The molecule has 0 aromatic rings. The van der Waals surface area contributed by atoms with Crippen molar-refractivity contribution in [3.05, 3.63) is 0 Å². The zero-order valence-corrected chi connectivity index (χ0v) is 16.6. The number of nitrogens with zero attached hydrogens (tertiary/aromatic N) is 1. The molecule has 2 saturated carbocycles. The van der Waals surface area contributed by atoms with Crippen molar-refractivity contribution in [1.29, 1.82) is 0 Å². The standard InChI is InChI=1S/C19H34N2O3S/c1-24-18(22)17(13-14-25-2)20-19(23)21(15-9-5-3-6-10-15)16-11-7-4-8-12-16/h15-17H,3-14H2,1-2H3,(H,20,23). The predicted molar refractivity (Wildman–Crippen MR) is 103 cm³/mol. The lowest BCUT2D eigenvalue weighted by Gasteiger charge is -2.42. The zero-order chi connectivity index (χ0) is 18.1. The lowest BCUT2D eigenvalue weighted by Crippen LogP contribution is -2.56. The summed E-state index contributed by atoms with van der Waals surface area (Å²) in [5.74, 6) is 0.488. The predicted octanol–water partition coefficient (Wildman–Crippen LogP) is 3.96. The summed E-state index contributed by atoms with van der Waals surface area (Å²) in [7, 11) is 1.39. The molecule has 2 rings (SSSR count). The maximum Gasteiger partial charge on any atom is 0.328 e. The van der Waals surface area contributed by atoms with Crippen LogP contribution in [0.4, 0.5) is 4.79 Å². The molecule has 2 amide bonds. The van der Waals surface area contributed by atoms with Crippen LogP contribution in [-0.4, -0.2) is 54.1 Å². The van der Waals surface area contributed by atoms with E-state index in [1.165, 1.54) is 45.6 Å². The highest BCUT2D eigenvalue weighted by Gasteiger charge is 2.34. The molecule has 0 aromatic heterocycles. The Bertz CT molecular complexity index is 403. The van der Waals surface area contributed by atoms with E-state index in [1.807, 2.05) is 6.26 Å². The third-order valence-electron chi connectivity index (χ3n) is 5.56. The molecular weight excluding hydrogens is 336 g/mol. The molecule has 1 atom stereocenters. The van der Waals surface area contributed by atoms with E-state index in [4.69, 9.17) is 4.74 Å². The van der Waals surface area contributed by atoms with Gasteiger partial charge in [-0.05, 0) is 44.1 Å². The molecule has 0 heterocycles. The number of hydrogen-bond donors (Lipinski definition) is 1. The van der Waals surface area contributed by atoms with Crippen molar-refractivity contribution < 1.29 is 14.3 Å². The fourth-order valence-electron chi connectivity index (χ4n) is 4.20. The summed E-state index contributed by atoms with van der Waals surface area (Å²) in [5, 5.41) is 3.00.